The molecule has 1 aliphatic heterocycles. The van der Waals surface area contributed by atoms with Crippen LogP contribution in [0, 0.1) is 0 Å². The number of fused-ring (bicyclic) bond motifs is 4. The van der Waals surface area contributed by atoms with E-state index < -0.39 is 11.2 Å². The number of carbonyl (C=O) groups excluding carboxylic acids is 1. The van der Waals surface area contributed by atoms with Crippen molar-refractivity contribution in [1.29, 1.82) is 0 Å². The van der Waals surface area contributed by atoms with Gasteiger partial charge in [-0.05, 0) is 49.2 Å². The fourth-order valence-corrected chi connectivity index (χ4v) is 5.76. The molecule has 2 N–H and O–H groups in total. The standard InChI is InChI=1S/C30H26N8O4/c1-42-16-25(39)37-11-8-18(9-12-37)38-27-21(29(40)36-30(38)41)15-33-24-7-6-22(35-26(24)27)17-4-5-23(32-13-17)20-14-34-28-19(20)3-2-10-31-28/h2-7,10,13-15,18H,8-9,11-12,16H2,1H3,(H,31,34)(H,36,40,41). The topological polar surface area (TPSA) is 152 Å². The minimum absolute atomic E-state index is 0.0179. The number of nitrogens with one attached hydrogen (secondary N) is 2. The van der Waals surface area contributed by atoms with Crippen molar-refractivity contribution in [3.05, 3.63) is 82.0 Å². The molecule has 0 aromatic carbocycles. The summed E-state index contributed by atoms with van der Waals surface area (Å²) < 4.78 is 6.60. The first-order chi connectivity index (χ1) is 20.5. The summed E-state index contributed by atoms with van der Waals surface area (Å²) in [5, 5.41) is 1.27. The predicted octanol–water partition coefficient (Wildman–Crippen LogP) is 3.05. The summed E-state index contributed by atoms with van der Waals surface area (Å²) >= 11 is 0. The summed E-state index contributed by atoms with van der Waals surface area (Å²) in [6, 6.07) is 11.2. The number of ether oxygens (including phenoxy) is 1. The zero-order chi connectivity index (χ0) is 28.8. The Kier molecular flexibility index (Phi) is 6.31. The largest absolute Gasteiger partial charge is 0.375 e. The number of hydrogen-bond donors (Lipinski definition) is 2. The Morgan fingerprint density at radius 3 is 2.62 bits per heavy atom. The fourth-order valence-electron chi connectivity index (χ4n) is 5.76. The van der Waals surface area contributed by atoms with E-state index in [1.165, 1.54) is 13.3 Å². The molecule has 0 spiro atoms. The lowest BCUT2D eigenvalue weighted by atomic mass is 10.0. The van der Waals surface area contributed by atoms with E-state index in [1.54, 1.807) is 21.9 Å². The van der Waals surface area contributed by atoms with Crippen LogP contribution in [0.2, 0.25) is 0 Å². The van der Waals surface area contributed by atoms with Gasteiger partial charge >= 0.3 is 5.69 Å². The van der Waals surface area contributed by atoms with Gasteiger partial charge in [0, 0.05) is 67.5 Å². The molecule has 6 aromatic heterocycles. The van der Waals surface area contributed by atoms with E-state index in [4.69, 9.17) is 9.72 Å². The molecule has 42 heavy (non-hydrogen) atoms. The third kappa shape index (κ3) is 4.32. The molecule has 1 fully saturated rings. The van der Waals surface area contributed by atoms with Crippen molar-refractivity contribution < 1.29 is 9.53 Å². The number of H-pyrrole nitrogens is 2. The van der Waals surface area contributed by atoms with Crippen molar-refractivity contribution in [3.8, 4) is 22.5 Å². The van der Waals surface area contributed by atoms with Crippen molar-refractivity contribution in [1.82, 2.24) is 39.4 Å². The number of pyridine rings is 4. The van der Waals surface area contributed by atoms with Crippen molar-refractivity contribution in [3.63, 3.8) is 0 Å². The predicted molar refractivity (Wildman–Crippen MR) is 157 cm³/mol. The number of hydrogen-bond acceptors (Lipinski definition) is 8. The first-order valence-electron chi connectivity index (χ1n) is 13.6. The van der Waals surface area contributed by atoms with Crippen LogP contribution in [0.4, 0.5) is 0 Å². The monoisotopic (exact) mass is 562 g/mol. The van der Waals surface area contributed by atoms with E-state index in [0.717, 1.165) is 27.9 Å². The van der Waals surface area contributed by atoms with Crippen LogP contribution in [0.3, 0.4) is 0 Å². The Balaban J connectivity index is 1.30. The molecule has 0 atom stereocenters. The van der Waals surface area contributed by atoms with E-state index in [-0.39, 0.29) is 23.9 Å². The zero-order valence-corrected chi connectivity index (χ0v) is 22.7. The molecule has 7 heterocycles. The quantitative estimate of drug-likeness (QED) is 0.304. The maximum Gasteiger partial charge on any atom is 0.329 e. The minimum Gasteiger partial charge on any atom is -0.375 e. The van der Waals surface area contributed by atoms with Crippen LogP contribution in [0.5, 0.6) is 0 Å². The highest BCUT2D eigenvalue weighted by Gasteiger charge is 2.27. The molecule has 0 radical (unpaired) electrons. The Morgan fingerprint density at radius 1 is 1.00 bits per heavy atom. The van der Waals surface area contributed by atoms with E-state index in [1.807, 2.05) is 42.6 Å². The van der Waals surface area contributed by atoms with Gasteiger partial charge in [0.15, 0.2) is 0 Å². The highest BCUT2D eigenvalue weighted by Crippen LogP contribution is 2.30. The van der Waals surface area contributed by atoms with Crippen molar-refractivity contribution in [2.45, 2.75) is 18.9 Å². The zero-order valence-electron chi connectivity index (χ0n) is 22.7. The van der Waals surface area contributed by atoms with Gasteiger partial charge in [-0.3, -0.25) is 29.1 Å². The summed E-state index contributed by atoms with van der Waals surface area (Å²) in [5.41, 5.74) is 4.39. The average Bonchev–Trinajstić information content (AvgIpc) is 3.45. The Labute approximate surface area is 238 Å². The molecule has 7 rings (SSSR count). The van der Waals surface area contributed by atoms with Gasteiger partial charge in [0.1, 0.15) is 17.8 Å². The average molecular weight is 563 g/mol. The van der Waals surface area contributed by atoms with Gasteiger partial charge in [-0.15, -0.1) is 0 Å². The molecule has 6 aromatic rings. The number of rotatable bonds is 5. The van der Waals surface area contributed by atoms with E-state index in [2.05, 4.69) is 24.9 Å². The number of methoxy groups -OCH3 is 1. The van der Waals surface area contributed by atoms with Crippen molar-refractivity contribution >= 4 is 38.9 Å². The summed E-state index contributed by atoms with van der Waals surface area (Å²) in [6.07, 6.45) is 7.97. The molecule has 1 amide bonds. The van der Waals surface area contributed by atoms with Gasteiger partial charge in [0.25, 0.3) is 5.56 Å². The summed E-state index contributed by atoms with van der Waals surface area (Å²) in [4.78, 5) is 64.2. The van der Waals surface area contributed by atoms with Gasteiger partial charge in [0.05, 0.1) is 27.8 Å². The first kappa shape index (κ1) is 25.7. The van der Waals surface area contributed by atoms with Crippen LogP contribution in [-0.4, -0.2) is 72.1 Å². The van der Waals surface area contributed by atoms with Crippen molar-refractivity contribution in [2.24, 2.45) is 0 Å². The minimum atomic E-state index is -0.514. The molecule has 1 aliphatic rings. The van der Waals surface area contributed by atoms with Crippen LogP contribution < -0.4 is 11.2 Å². The number of piperidine rings is 1. The second-order valence-electron chi connectivity index (χ2n) is 10.3. The van der Waals surface area contributed by atoms with Crippen LogP contribution in [-0.2, 0) is 9.53 Å². The molecule has 12 heteroatoms. The molecule has 0 aliphatic carbocycles. The normalized spacial score (nSPS) is 14.3. The third-order valence-electron chi connectivity index (χ3n) is 7.85. The Morgan fingerprint density at radius 2 is 1.83 bits per heavy atom. The maximum absolute atomic E-state index is 13.3. The van der Waals surface area contributed by atoms with Crippen LogP contribution in [0.25, 0.3) is 55.5 Å². The van der Waals surface area contributed by atoms with Crippen LogP contribution >= 0.6 is 0 Å². The first-order valence-corrected chi connectivity index (χ1v) is 13.6. The molecule has 1 saturated heterocycles. The Hall–Kier alpha value is -5.23. The van der Waals surface area contributed by atoms with Gasteiger partial charge in [-0.1, -0.05) is 0 Å². The fraction of sp³-hybridized carbons (Fsp3) is 0.233. The molecule has 210 valence electrons. The number of carbonyl (C=O) groups is 1. The highest BCUT2D eigenvalue weighted by atomic mass is 16.5. The lowest BCUT2D eigenvalue weighted by Crippen LogP contribution is -2.43. The SMILES string of the molecule is COCC(=O)N1CCC(n2c(=O)[nH]c(=O)c3cnc4ccc(-c5ccc(-c6c[nH]c7ncccc67)nc5)nc4c32)CC1. The highest BCUT2D eigenvalue weighted by molar-refractivity contribution is 6.01. The number of nitrogens with zero attached hydrogens (tertiary/aromatic N) is 6. The van der Waals surface area contributed by atoms with Gasteiger partial charge < -0.3 is 14.6 Å². The lowest BCUT2D eigenvalue weighted by Gasteiger charge is -2.33. The van der Waals surface area contributed by atoms with Crippen LogP contribution in [0.15, 0.2) is 70.8 Å². The van der Waals surface area contributed by atoms with E-state index in [0.29, 0.717) is 48.2 Å². The molecular weight excluding hydrogens is 536 g/mol. The molecule has 0 saturated carbocycles. The van der Waals surface area contributed by atoms with Gasteiger partial charge in [0.2, 0.25) is 5.91 Å². The lowest BCUT2D eigenvalue weighted by molar-refractivity contribution is -0.136. The number of amides is 1. The van der Waals surface area contributed by atoms with Gasteiger partial charge in [-0.25, -0.2) is 14.8 Å². The van der Waals surface area contributed by atoms with E-state index >= 15 is 0 Å². The third-order valence-corrected chi connectivity index (χ3v) is 7.85. The number of aromatic amines is 2. The second kappa shape index (κ2) is 10.3. The summed E-state index contributed by atoms with van der Waals surface area (Å²) in [5.74, 6) is -0.0865. The van der Waals surface area contributed by atoms with Gasteiger partial charge in [-0.2, -0.15) is 0 Å². The molecule has 0 bridgehead atoms. The van der Waals surface area contributed by atoms with E-state index in [9.17, 15) is 14.4 Å². The molecular formula is C30H26N8O4. The smallest absolute Gasteiger partial charge is 0.329 e. The second-order valence-corrected chi connectivity index (χ2v) is 10.3. The summed E-state index contributed by atoms with van der Waals surface area (Å²) in [6.45, 7) is 0.974. The molecule has 12 nitrogen and oxygen atoms in total. The van der Waals surface area contributed by atoms with Crippen molar-refractivity contribution in [2.75, 3.05) is 26.8 Å². The number of likely N-dealkylation sites (tertiary alicyclic amines) is 1. The Bertz CT molecular complexity index is 2090. The number of aromatic nitrogens is 7. The molecule has 0 unspecified atom stereocenters. The maximum atomic E-state index is 13.3. The van der Waals surface area contributed by atoms with Crippen LogP contribution in [0.1, 0.15) is 18.9 Å². The summed E-state index contributed by atoms with van der Waals surface area (Å²) in [7, 11) is 1.49.